The first kappa shape index (κ1) is 15.3. The van der Waals surface area contributed by atoms with E-state index >= 15 is 0 Å². The van der Waals surface area contributed by atoms with E-state index in [4.69, 9.17) is 17.3 Å². The molecule has 4 heteroatoms. The standard InChI is InChI=1S/C16H23ClN2O/c1-11(13-4-3-5-14(17)10-13)19(2)16(20)12-6-8-15(18)9-7-12/h3-5,10-12,15H,6-9,18H2,1-2H3. The topological polar surface area (TPSA) is 46.3 Å². The van der Waals surface area contributed by atoms with Crippen LogP contribution in [0.5, 0.6) is 0 Å². The van der Waals surface area contributed by atoms with Crippen molar-refractivity contribution in [2.24, 2.45) is 11.7 Å². The van der Waals surface area contributed by atoms with E-state index in [9.17, 15) is 4.79 Å². The van der Waals surface area contributed by atoms with Gasteiger partial charge in [0.15, 0.2) is 0 Å². The van der Waals surface area contributed by atoms with Gasteiger partial charge in [-0.25, -0.2) is 0 Å². The number of carbonyl (C=O) groups excluding carboxylic acids is 1. The van der Waals surface area contributed by atoms with Crippen LogP contribution in [0.3, 0.4) is 0 Å². The van der Waals surface area contributed by atoms with Gasteiger partial charge in [0.05, 0.1) is 6.04 Å². The SMILES string of the molecule is CC(c1cccc(Cl)c1)N(C)C(=O)C1CCC(N)CC1. The minimum absolute atomic E-state index is 0.0387. The Kier molecular flexibility index (Phi) is 5.06. The fraction of sp³-hybridized carbons (Fsp3) is 0.562. The highest BCUT2D eigenvalue weighted by atomic mass is 35.5. The fourth-order valence-corrected chi connectivity index (χ4v) is 3.03. The summed E-state index contributed by atoms with van der Waals surface area (Å²) in [5, 5.41) is 0.707. The molecule has 2 rings (SSSR count). The molecular formula is C16H23ClN2O. The Bertz CT molecular complexity index is 469. The number of carbonyl (C=O) groups is 1. The fourth-order valence-electron chi connectivity index (χ4n) is 2.84. The van der Waals surface area contributed by atoms with Gasteiger partial charge in [0.1, 0.15) is 0 Å². The smallest absolute Gasteiger partial charge is 0.225 e. The highest BCUT2D eigenvalue weighted by Gasteiger charge is 2.29. The van der Waals surface area contributed by atoms with Crippen LogP contribution in [-0.4, -0.2) is 23.9 Å². The average Bonchev–Trinajstić information content (AvgIpc) is 2.46. The predicted octanol–water partition coefficient (Wildman–Crippen LogP) is 3.38. The quantitative estimate of drug-likeness (QED) is 0.929. The molecular weight excluding hydrogens is 272 g/mol. The summed E-state index contributed by atoms with van der Waals surface area (Å²) in [6, 6.07) is 8.02. The molecule has 1 aliphatic rings. The van der Waals surface area contributed by atoms with Crippen molar-refractivity contribution in [1.29, 1.82) is 0 Å². The molecule has 1 atom stereocenters. The summed E-state index contributed by atoms with van der Waals surface area (Å²) in [4.78, 5) is 14.4. The van der Waals surface area contributed by atoms with Crippen LogP contribution in [0.2, 0.25) is 5.02 Å². The lowest BCUT2D eigenvalue weighted by atomic mass is 9.85. The minimum Gasteiger partial charge on any atom is -0.339 e. The number of hydrogen-bond donors (Lipinski definition) is 1. The predicted molar refractivity (Wildman–Crippen MR) is 82.6 cm³/mol. The first-order valence-corrected chi connectivity index (χ1v) is 7.64. The van der Waals surface area contributed by atoms with Crippen molar-refractivity contribution in [3.63, 3.8) is 0 Å². The van der Waals surface area contributed by atoms with Crippen LogP contribution in [-0.2, 0) is 4.79 Å². The monoisotopic (exact) mass is 294 g/mol. The molecule has 1 amide bonds. The molecule has 1 saturated carbocycles. The summed E-state index contributed by atoms with van der Waals surface area (Å²) in [5.74, 6) is 0.353. The van der Waals surface area contributed by atoms with E-state index < -0.39 is 0 Å². The number of hydrogen-bond acceptors (Lipinski definition) is 2. The van der Waals surface area contributed by atoms with Gasteiger partial charge in [-0.3, -0.25) is 4.79 Å². The molecule has 0 radical (unpaired) electrons. The Morgan fingerprint density at radius 2 is 2.00 bits per heavy atom. The zero-order chi connectivity index (χ0) is 14.7. The number of nitrogens with two attached hydrogens (primary N) is 1. The second-order valence-corrected chi connectivity index (χ2v) is 6.23. The summed E-state index contributed by atoms with van der Waals surface area (Å²) in [6.45, 7) is 2.04. The van der Waals surface area contributed by atoms with Gasteiger partial charge in [0.2, 0.25) is 5.91 Å². The molecule has 0 bridgehead atoms. The third kappa shape index (κ3) is 3.53. The molecule has 0 saturated heterocycles. The van der Waals surface area contributed by atoms with E-state index in [1.54, 1.807) is 0 Å². The Labute approximate surface area is 126 Å². The summed E-state index contributed by atoms with van der Waals surface area (Å²) in [6.07, 6.45) is 3.73. The maximum atomic E-state index is 12.6. The Balaban J connectivity index is 2.02. The third-order valence-corrected chi connectivity index (χ3v) is 4.62. The number of nitrogens with zero attached hydrogens (tertiary/aromatic N) is 1. The zero-order valence-electron chi connectivity index (χ0n) is 12.2. The van der Waals surface area contributed by atoms with Crippen molar-refractivity contribution in [3.8, 4) is 0 Å². The van der Waals surface area contributed by atoms with Crippen LogP contribution in [0.25, 0.3) is 0 Å². The van der Waals surface area contributed by atoms with Crippen molar-refractivity contribution in [2.75, 3.05) is 7.05 Å². The Hall–Kier alpha value is -1.06. The summed E-state index contributed by atoms with van der Waals surface area (Å²) < 4.78 is 0. The lowest BCUT2D eigenvalue weighted by Gasteiger charge is -2.32. The van der Waals surface area contributed by atoms with Crippen LogP contribution >= 0.6 is 11.6 Å². The lowest BCUT2D eigenvalue weighted by molar-refractivity contribution is -0.137. The highest BCUT2D eigenvalue weighted by Crippen LogP contribution is 2.28. The van der Waals surface area contributed by atoms with Gasteiger partial charge >= 0.3 is 0 Å². The lowest BCUT2D eigenvalue weighted by Crippen LogP contribution is -2.38. The molecule has 0 aliphatic heterocycles. The maximum Gasteiger partial charge on any atom is 0.225 e. The number of rotatable bonds is 3. The van der Waals surface area contributed by atoms with E-state index in [2.05, 4.69) is 0 Å². The van der Waals surface area contributed by atoms with E-state index in [-0.39, 0.29) is 23.9 Å². The molecule has 1 aromatic rings. The molecule has 0 spiro atoms. The largest absolute Gasteiger partial charge is 0.339 e. The molecule has 20 heavy (non-hydrogen) atoms. The molecule has 3 nitrogen and oxygen atoms in total. The zero-order valence-corrected chi connectivity index (χ0v) is 12.9. The molecule has 0 heterocycles. The van der Waals surface area contributed by atoms with Crippen LogP contribution in [0, 0.1) is 5.92 Å². The van der Waals surface area contributed by atoms with Crippen molar-refractivity contribution in [2.45, 2.75) is 44.7 Å². The first-order valence-electron chi connectivity index (χ1n) is 7.26. The van der Waals surface area contributed by atoms with Gasteiger partial charge in [-0.2, -0.15) is 0 Å². The van der Waals surface area contributed by atoms with Crippen LogP contribution < -0.4 is 5.73 Å². The summed E-state index contributed by atoms with van der Waals surface area (Å²) >= 11 is 6.02. The molecule has 1 aromatic carbocycles. The van der Waals surface area contributed by atoms with Crippen molar-refractivity contribution in [1.82, 2.24) is 4.90 Å². The first-order chi connectivity index (χ1) is 9.49. The molecule has 1 aliphatic carbocycles. The normalized spacial score (nSPS) is 24.2. The van der Waals surface area contributed by atoms with Crippen molar-refractivity contribution >= 4 is 17.5 Å². The van der Waals surface area contributed by atoms with Crippen LogP contribution in [0.4, 0.5) is 0 Å². The molecule has 2 N–H and O–H groups in total. The number of benzene rings is 1. The number of amides is 1. The highest BCUT2D eigenvalue weighted by molar-refractivity contribution is 6.30. The van der Waals surface area contributed by atoms with E-state index in [1.807, 2.05) is 43.1 Å². The second-order valence-electron chi connectivity index (χ2n) is 5.79. The van der Waals surface area contributed by atoms with Crippen LogP contribution in [0.15, 0.2) is 24.3 Å². The van der Waals surface area contributed by atoms with E-state index in [1.165, 1.54) is 0 Å². The minimum atomic E-state index is 0.0387. The van der Waals surface area contributed by atoms with E-state index in [0.717, 1.165) is 31.2 Å². The van der Waals surface area contributed by atoms with Crippen molar-refractivity contribution < 1.29 is 4.79 Å². The maximum absolute atomic E-state index is 12.6. The van der Waals surface area contributed by atoms with E-state index in [0.29, 0.717) is 5.02 Å². The summed E-state index contributed by atoms with van der Waals surface area (Å²) in [5.41, 5.74) is 6.97. The summed E-state index contributed by atoms with van der Waals surface area (Å²) in [7, 11) is 1.88. The molecule has 110 valence electrons. The van der Waals surface area contributed by atoms with Gasteiger partial charge in [0, 0.05) is 24.0 Å². The Morgan fingerprint density at radius 3 is 2.60 bits per heavy atom. The average molecular weight is 295 g/mol. The molecule has 1 unspecified atom stereocenters. The van der Waals surface area contributed by atoms with Gasteiger partial charge in [-0.1, -0.05) is 23.7 Å². The Morgan fingerprint density at radius 1 is 1.35 bits per heavy atom. The van der Waals surface area contributed by atoms with Gasteiger partial charge < -0.3 is 10.6 Å². The molecule has 1 fully saturated rings. The van der Waals surface area contributed by atoms with Crippen LogP contribution in [0.1, 0.15) is 44.2 Å². The molecule has 0 aromatic heterocycles. The van der Waals surface area contributed by atoms with Gasteiger partial charge in [-0.05, 0) is 50.3 Å². The van der Waals surface area contributed by atoms with Gasteiger partial charge in [-0.15, -0.1) is 0 Å². The van der Waals surface area contributed by atoms with Crippen molar-refractivity contribution in [3.05, 3.63) is 34.9 Å². The third-order valence-electron chi connectivity index (χ3n) is 4.38. The number of halogens is 1. The second kappa shape index (κ2) is 6.59. The van der Waals surface area contributed by atoms with Gasteiger partial charge in [0.25, 0.3) is 0 Å².